The zero-order chi connectivity index (χ0) is 22.2. The molecule has 32 heavy (non-hydrogen) atoms. The number of anilines is 1. The van der Waals surface area contributed by atoms with E-state index in [1.54, 1.807) is 28.9 Å². The number of carbonyl (C=O) groups is 1. The van der Waals surface area contributed by atoms with Crippen molar-refractivity contribution in [1.29, 1.82) is 0 Å². The zero-order valence-electron chi connectivity index (χ0n) is 17.6. The number of fused-ring (bicyclic) bond motifs is 2. The van der Waals surface area contributed by atoms with Gasteiger partial charge in [0.05, 0.1) is 17.3 Å². The molecule has 2 aliphatic rings. The van der Waals surface area contributed by atoms with Crippen molar-refractivity contribution in [2.24, 2.45) is 4.99 Å². The van der Waals surface area contributed by atoms with Gasteiger partial charge in [-0.15, -0.1) is 0 Å². The molecule has 1 unspecified atom stereocenters. The first-order valence-corrected chi connectivity index (χ1v) is 10.8. The van der Waals surface area contributed by atoms with E-state index < -0.39 is 6.43 Å². The maximum Gasteiger partial charge on any atom is 0.281 e. The number of rotatable bonds is 5. The average Bonchev–Trinajstić information content (AvgIpc) is 3.40. The van der Waals surface area contributed by atoms with E-state index in [1.165, 1.54) is 6.20 Å². The van der Waals surface area contributed by atoms with Gasteiger partial charge >= 0.3 is 0 Å². The summed E-state index contributed by atoms with van der Waals surface area (Å²) in [5.74, 6) is 0.651. The van der Waals surface area contributed by atoms with E-state index in [0.29, 0.717) is 11.2 Å². The van der Waals surface area contributed by atoms with Crippen LogP contribution in [0.15, 0.2) is 41.7 Å². The van der Waals surface area contributed by atoms with Crippen molar-refractivity contribution in [2.75, 3.05) is 5.32 Å². The van der Waals surface area contributed by atoms with E-state index in [4.69, 9.17) is 0 Å². The smallest absolute Gasteiger partial charge is 0.281 e. The lowest BCUT2D eigenvalue weighted by Gasteiger charge is -2.30. The summed E-state index contributed by atoms with van der Waals surface area (Å²) in [4.78, 5) is 25.6. The van der Waals surface area contributed by atoms with Crippen LogP contribution in [0, 0.1) is 0 Å². The molecule has 1 saturated carbocycles. The minimum absolute atomic E-state index is 0.0176. The maximum atomic E-state index is 13.0. The highest BCUT2D eigenvalue weighted by atomic mass is 19.3. The number of imidazole rings is 1. The van der Waals surface area contributed by atoms with E-state index in [-0.39, 0.29) is 29.7 Å². The van der Waals surface area contributed by atoms with E-state index in [0.717, 1.165) is 42.8 Å². The van der Waals surface area contributed by atoms with Crippen LogP contribution in [0.3, 0.4) is 0 Å². The van der Waals surface area contributed by atoms with Crippen LogP contribution < -0.4 is 10.6 Å². The quantitative estimate of drug-likeness (QED) is 0.622. The predicted octanol–water partition coefficient (Wildman–Crippen LogP) is 4.31. The number of alkyl halides is 2. The lowest BCUT2D eigenvalue weighted by atomic mass is 9.90. The molecule has 1 aliphatic carbocycles. The number of aromatic nitrogens is 3. The molecular formula is C23H24F2N6O. The minimum atomic E-state index is -2.60. The van der Waals surface area contributed by atoms with Crippen molar-refractivity contribution >= 4 is 23.6 Å². The van der Waals surface area contributed by atoms with Gasteiger partial charge in [0.15, 0.2) is 0 Å². The first kappa shape index (κ1) is 20.5. The van der Waals surface area contributed by atoms with Gasteiger partial charge in [-0.2, -0.15) is 0 Å². The molecule has 1 amide bonds. The van der Waals surface area contributed by atoms with Gasteiger partial charge in [-0.25, -0.2) is 13.8 Å². The van der Waals surface area contributed by atoms with Gasteiger partial charge in [0.1, 0.15) is 17.2 Å². The van der Waals surface area contributed by atoms with Gasteiger partial charge in [-0.3, -0.25) is 19.2 Å². The van der Waals surface area contributed by atoms with Gasteiger partial charge < -0.3 is 10.6 Å². The normalized spacial score (nSPS) is 22.3. The minimum Gasteiger partial charge on any atom is -0.368 e. The topological polar surface area (TPSA) is 83.7 Å². The van der Waals surface area contributed by atoms with Gasteiger partial charge in [0.25, 0.3) is 12.3 Å². The van der Waals surface area contributed by atoms with Gasteiger partial charge in [0, 0.05) is 36.3 Å². The van der Waals surface area contributed by atoms with Crippen molar-refractivity contribution < 1.29 is 13.6 Å². The molecule has 9 heteroatoms. The fourth-order valence-corrected chi connectivity index (χ4v) is 4.52. The molecule has 1 aliphatic heterocycles. The summed E-state index contributed by atoms with van der Waals surface area (Å²) in [5, 5.41) is 6.62. The standard InChI is InChI=1S/C23H24F2N6O/c1-13-21-17(11-27-13)16(9-10-26-21)23(32)29-15-7-5-14(6-8-15)28-19-3-2-4-20-30-18(22(24)25)12-31(19)20/h2-4,9-15,22,28H,5-8H2,1H3,(H,29,32)/t13?,14-,15+. The third kappa shape index (κ3) is 3.83. The number of aliphatic imine (C=N–C) groups is 1. The average molecular weight is 438 g/mol. The van der Waals surface area contributed by atoms with Crippen molar-refractivity contribution in [3.8, 4) is 0 Å². The van der Waals surface area contributed by atoms with Crippen molar-refractivity contribution in [2.45, 2.75) is 57.2 Å². The Morgan fingerprint density at radius 1 is 1.16 bits per heavy atom. The predicted molar refractivity (Wildman–Crippen MR) is 118 cm³/mol. The largest absolute Gasteiger partial charge is 0.368 e. The first-order valence-electron chi connectivity index (χ1n) is 10.8. The molecule has 1 fully saturated rings. The summed E-state index contributed by atoms with van der Waals surface area (Å²) in [5.41, 5.74) is 2.53. The molecule has 0 radical (unpaired) electrons. The number of pyridine rings is 2. The Labute approximate surface area is 184 Å². The SMILES string of the molecule is CC1N=Cc2c(C(=O)N[C@H]3CC[C@@H](Nc4cccc5nc(C(F)F)cn45)CC3)ccnc21. The van der Waals surface area contributed by atoms with Crippen LogP contribution in [0.5, 0.6) is 0 Å². The zero-order valence-corrected chi connectivity index (χ0v) is 17.6. The maximum absolute atomic E-state index is 13.0. The molecule has 0 bridgehead atoms. The number of carbonyl (C=O) groups excluding carboxylic acids is 1. The molecule has 0 saturated heterocycles. The highest BCUT2D eigenvalue weighted by Gasteiger charge is 2.26. The van der Waals surface area contributed by atoms with Gasteiger partial charge in [0.2, 0.25) is 0 Å². The second-order valence-electron chi connectivity index (χ2n) is 8.38. The molecule has 7 nitrogen and oxygen atoms in total. The van der Waals surface area contributed by atoms with Crippen molar-refractivity contribution in [3.05, 3.63) is 59.2 Å². The lowest BCUT2D eigenvalue weighted by molar-refractivity contribution is 0.0926. The molecule has 0 aromatic carbocycles. The van der Waals surface area contributed by atoms with Crippen LogP contribution in [0.4, 0.5) is 14.6 Å². The van der Waals surface area contributed by atoms with Crippen LogP contribution in [0.2, 0.25) is 0 Å². The molecule has 5 rings (SSSR count). The Morgan fingerprint density at radius 3 is 2.72 bits per heavy atom. The number of nitrogens with one attached hydrogen (secondary N) is 2. The number of amides is 1. The first-order chi connectivity index (χ1) is 15.5. The number of nitrogens with zero attached hydrogens (tertiary/aromatic N) is 4. The van der Waals surface area contributed by atoms with Crippen LogP contribution in [-0.4, -0.2) is 38.6 Å². The molecular weight excluding hydrogens is 414 g/mol. The fraction of sp³-hybridized carbons (Fsp3) is 0.391. The van der Waals surface area contributed by atoms with E-state index in [9.17, 15) is 13.6 Å². The van der Waals surface area contributed by atoms with E-state index in [2.05, 4.69) is 25.6 Å². The summed E-state index contributed by atoms with van der Waals surface area (Å²) in [6, 6.07) is 7.40. The Hall–Kier alpha value is -3.36. The summed E-state index contributed by atoms with van der Waals surface area (Å²) < 4.78 is 27.7. The van der Waals surface area contributed by atoms with E-state index in [1.807, 2.05) is 19.1 Å². The second kappa shape index (κ2) is 8.29. The number of halogens is 2. The van der Waals surface area contributed by atoms with Crippen LogP contribution >= 0.6 is 0 Å². The Morgan fingerprint density at radius 2 is 1.94 bits per heavy atom. The molecule has 0 spiro atoms. The Kier molecular flexibility index (Phi) is 5.32. The highest BCUT2D eigenvalue weighted by Crippen LogP contribution is 2.28. The molecule has 3 aromatic heterocycles. The lowest BCUT2D eigenvalue weighted by Crippen LogP contribution is -2.40. The van der Waals surface area contributed by atoms with Crippen molar-refractivity contribution in [3.63, 3.8) is 0 Å². The third-order valence-electron chi connectivity index (χ3n) is 6.24. The molecule has 3 aromatic rings. The number of hydrogen-bond donors (Lipinski definition) is 2. The summed E-state index contributed by atoms with van der Waals surface area (Å²) in [6.45, 7) is 1.96. The number of hydrogen-bond acceptors (Lipinski definition) is 5. The van der Waals surface area contributed by atoms with Gasteiger partial charge in [-0.1, -0.05) is 6.07 Å². The van der Waals surface area contributed by atoms with Crippen molar-refractivity contribution in [1.82, 2.24) is 19.7 Å². The monoisotopic (exact) mass is 438 g/mol. The molecule has 166 valence electrons. The van der Waals surface area contributed by atoms with Crippen LogP contribution in [0.25, 0.3) is 5.65 Å². The molecule has 2 N–H and O–H groups in total. The van der Waals surface area contributed by atoms with E-state index >= 15 is 0 Å². The second-order valence-corrected chi connectivity index (χ2v) is 8.38. The Bertz CT molecular complexity index is 1180. The third-order valence-corrected chi connectivity index (χ3v) is 6.24. The summed E-state index contributed by atoms with van der Waals surface area (Å²) in [6.07, 6.45) is 5.58. The Balaban J connectivity index is 1.21. The van der Waals surface area contributed by atoms with Gasteiger partial charge in [-0.05, 0) is 50.8 Å². The fourth-order valence-electron chi connectivity index (χ4n) is 4.52. The summed E-state index contributed by atoms with van der Waals surface area (Å²) >= 11 is 0. The van der Waals surface area contributed by atoms with Crippen LogP contribution in [0.1, 0.15) is 72.4 Å². The molecule has 4 heterocycles. The highest BCUT2D eigenvalue weighted by molar-refractivity contribution is 6.04. The summed E-state index contributed by atoms with van der Waals surface area (Å²) in [7, 11) is 0. The molecule has 1 atom stereocenters. The van der Waals surface area contributed by atoms with Crippen LogP contribution in [-0.2, 0) is 0 Å².